The molecule has 3 nitrogen and oxygen atoms in total. The molecule has 2 N–H and O–H groups in total. The summed E-state index contributed by atoms with van der Waals surface area (Å²) in [4.78, 5) is 2.42. The summed E-state index contributed by atoms with van der Waals surface area (Å²) in [5.41, 5.74) is 5.64. The molecule has 78 valence electrons. The third-order valence-corrected chi connectivity index (χ3v) is 3.19. The Morgan fingerprint density at radius 2 is 2.31 bits per heavy atom. The van der Waals surface area contributed by atoms with E-state index in [0.717, 1.165) is 13.1 Å². The van der Waals surface area contributed by atoms with Gasteiger partial charge in [-0.1, -0.05) is 6.92 Å². The number of nitrogens with zero attached hydrogens (tertiary/aromatic N) is 1. The normalized spacial score (nSPS) is 33.2. The number of hydrogen-bond acceptors (Lipinski definition) is 3. The second-order valence-electron chi connectivity index (χ2n) is 4.12. The summed E-state index contributed by atoms with van der Waals surface area (Å²) < 4.78 is 5.45. The van der Waals surface area contributed by atoms with Crippen molar-refractivity contribution < 1.29 is 4.74 Å². The van der Waals surface area contributed by atoms with E-state index in [1.807, 2.05) is 0 Å². The lowest BCUT2D eigenvalue weighted by Gasteiger charge is -2.39. The van der Waals surface area contributed by atoms with E-state index in [1.165, 1.54) is 13.0 Å². The summed E-state index contributed by atoms with van der Waals surface area (Å²) in [5.74, 6) is 0.686. The van der Waals surface area contributed by atoms with Crippen molar-refractivity contribution in [1.29, 1.82) is 0 Å². The highest BCUT2D eigenvalue weighted by Gasteiger charge is 2.27. The molecule has 1 heterocycles. The first-order chi connectivity index (χ1) is 6.19. The molecule has 1 rings (SSSR count). The molecule has 1 saturated heterocycles. The van der Waals surface area contributed by atoms with Crippen molar-refractivity contribution in [1.82, 2.24) is 4.90 Å². The highest BCUT2D eigenvalue weighted by molar-refractivity contribution is 4.81. The number of hydrogen-bond donors (Lipinski definition) is 1. The van der Waals surface area contributed by atoms with Gasteiger partial charge in [0, 0.05) is 26.2 Å². The summed E-state index contributed by atoms with van der Waals surface area (Å²) in [6.45, 7) is 7.39. The lowest BCUT2D eigenvalue weighted by molar-refractivity contribution is -0.0154. The van der Waals surface area contributed by atoms with Gasteiger partial charge in [0.2, 0.25) is 0 Å². The van der Waals surface area contributed by atoms with Gasteiger partial charge in [-0.3, -0.25) is 4.90 Å². The Balaban J connectivity index is 2.44. The molecule has 0 aliphatic carbocycles. The first kappa shape index (κ1) is 11.0. The van der Waals surface area contributed by atoms with Crippen LogP contribution in [-0.4, -0.2) is 43.8 Å². The number of nitrogens with two attached hydrogens (primary N) is 1. The Kier molecular flexibility index (Phi) is 4.16. The monoisotopic (exact) mass is 186 g/mol. The molecule has 1 aliphatic rings. The van der Waals surface area contributed by atoms with E-state index in [4.69, 9.17) is 10.5 Å². The van der Waals surface area contributed by atoms with Crippen LogP contribution in [0.3, 0.4) is 0 Å². The summed E-state index contributed by atoms with van der Waals surface area (Å²) >= 11 is 0. The van der Waals surface area contributed by atoms with Gasteiger partial charge in [0.1, 0.15) is 0 Å². The van der Waals surface area contributed by atoms with Gasteiger partial charge >= 0.3 is 0 Å². The summed E-state index contributed by atoms with van der Waals surface area (Å²) in [6.07, 6.45) is 1.62. The zero-order chi connectivity index (χ0) is 9.84. The lowest BCUT2D eigenvalue weighted by atomic mass is 9.95. The molecule has 0 amide bonds. The van der Waals surface area contributed by atoms with Gasteiger partial charge in [0.05, 0.1) is 6.10 Å². The maximum absolute atomic E-state index is 5.64. The van der Waals surface area contributed by atoms with Crippen LogP contribution in [-0.2, 0) is 4.74 Å². The second-order valence-corrected chi connectivity index (χ2v) is 4.12. The number of rotatable bonds is 3. The van der Waals surface area contributed by atoms with E-state index in [2.05, 4.69) is 18.7 Å². The molecular formula is C10H22N2O. The standard InChI is InChI=1S/C10H22N2O/c1-8-4-5-12(9(2)6-11)7-10(8)13-3/h8-10H,4-7,11H2,1-3H3. The van der Waals surface area contributed by atoms with Crippen molar-refractivity contribution in [2.24, 2.45) is 11.7 Å². The lowest BCUT2D eigenvalue weighted by Crippen LogP contribution is -2.49. The van der Waals surface area contributed by atoms with Crippen LogP contribution >= 0.6 is 0 Å². The molecule has 0 aromatic carbocycles. The minimum Gasteiger partial charge on any atom is -0.380 e. The highest BCUT2D eigenvalue weighted by atomic mass is 16.5. The second kappa shape index (κ2) is 4.94. The Morgan fingerprint density at radius 1 is 1.62 bits per heavy atom. The highest BCUT2D eigenvalue weighted by Crippen LogP contribution is 2.20. The van der Waals surface area contributed by atoms with Crippen molar-refractivity contribution in [3.8, 4) is 0 Å². The predicted molar refractivity (Wildman–Crippen MR) is 54.7 cm³/mol. The fraction of sp³-hybridized carbons (Fsp3) is 1.00. The Hall–Kier alpha value is -0.120. The zero-order valence-corrected chi connectivity index (χ0v) is 8.99. The molecule has 3 unspecified atom stereocenters. The summed E-state index contributed by atoms with van der Waals surface area (Å²) in [7, 11) is 1.80. The molecule has 0 spiro atoms. The van der Waals surface area contributed by atoms with Gasteiger partial charge in [0.25, 0.3) is 0 Å². The maximum atomic E-state index is 5.64. The number of ether oxygens (including phenoxy) is 1. The van der Waals surface area contributed by atoms with Gasteiger partial charge in [-0.2, -0.15) is 0 Å². The van der Waals surface area contributed by atoms with E-state index in [-0.39, 0.29) is 0 Å². The quantitative estimate of drug-likeness (QED) is 0.705. The maximum Gasteiger partial charge on any atom is 0.0724 e. The molecular weight excluding hydrogens is 164 g/mol. The Labute approximate surface area is 81.2 Å². The van der Waals surface area contributed by atoms with Gasteiger partial charge in [0.15, 0.2) is 0 Å². The van der Waals surface area contributed by atoms with E-state index in [0.29, 0.717) is 18.1 Å². The molecule has 0 bridgehead atoms. The fourth-order valence-electron chi connectivity index (χ4n) is 1.91. The summed E-state index contributed by atoms with van der Waals surface area (Å²) in [5, 5.41) is 0. The molecule has 3 atom stereocenters. The van der Waals surface area contributed by atoms with Crippen molar-refractivity contribution >= 4 is 0 Å². The topological polar surface area (TPSA) is 38.5 Å². The van der Waals surface area contributed by atoms with Gasteiger partial charge in [-0.25, -0.2) is 0 Å². The fourth-order valence-corrected chi connectivity index (χ4v) is 1.91. The molecule has 1 aliphatic heterocycles. The van der Waals surface area contributed by atoms with E-state index in [1.54, 1.807) is 7.11 Å². The van der Waals surface area contributed by atoms with Crippen molar-refractivity contribution in [3.63, 3.8) is 0 Å². The van der Waals surface area contributed by atoms with Crippen LogP contribution in [0.2, 0.25) is 0 Å². The summed E-state index contributed by atoms with van der Waals surface area (Å²) in [6, 6.07) is 0.491. The minimum absolute atomic E-state index is 0.391. The van der Waals surface area contributed by atoms with Crippen molar-refractivity contribution in [3.05, 3.63) is 0 Å². The third kappa shape index (κ3) is 2.66. The van der Waals surface area contributed by atoms with E-state index < -0.39 is 0 Å². The smallest absolute Gasteiger partial charge is 0.0724 e. The number of likely N-dealkylation sites (tertiary alicyclic amines) is 1. The average Bonchev–Trinajstić information content (AvgIpc) is 2.17. The molecule has 0 aromatic heterocycles. The predicted octanol–water partition coefficient (Wildman–Crippen LogP) is 0.690. The van der Waals surface area contributed by atoms with Crippen LogP contribution in [0.4, 0.5) is 0 Å². The SMILES string of the molecule is COC1CN(C(C)CN)CCC1C. The van der Waals surface area contributed by atoms with Gasteiger partial charge in [-0.05, 0) is 25.8 Å². The first-order valence-corrected chi connectivity index (χ1v) is 5.16. The van der Waals surface area contributed by atoms with Crippen molar-refractivity contribution in [2.75, 3.05) is 26.7 Å². The van der Waals surface area contributed by atoms with Crippen molar-refractivity contribution in [2.45, 2.75) is 32.4 Å². The first-order valence-electron chi connectivity index (χ1n) is 5.16. The Morgan fingerprint density at radius 3 is 2.85 bits per heavy atom. The molecule has 0 aromatic rings. The van der Waals surface area contributed by atoms with Crippen LogP contribution in [0.5, 0.6) is 0 Å². The van der Waals surface area contributed by atoms with Crippen LogP contribution in [0, 0.1) is 5.92 Å². The van der Waals surface area contributed by atoms with Gasteiger partial charge < -0.3 is 10.5 Å². The minimum atomic E-state index is 0.391. The molecule has 1 fully saturated rings. The number of piperidine rings is 1. The van der Waals surface area contributed by atoms with E-state index >= 15 is 0 Å². The Bertz CT molecular complexity index is 152. The molecule has 0 radical (unpaired) electrons. The average molecular weight is 186 g/mol. The van der Waals surface area contributed by atoms with Crippen LogP contribution in [0.25, 0.3) is 0 Å². The van der Waals surface area contributed by atoms with Crippen LogP contribution in [0.15, 0.2) is 0 Å². The van der Waals surface area contributed by atoms with Gasteiger partial charge in [-0.15, -0.1) is 0 Å². The van der Waals surface area contributed by atoms with Crippen LogP contribution < -0.4 is 5.73 Å². The largest absolute Gasteiger partial charge is 0.380 e. The molecule has 3 heteroatoms. The zero-order valence-electron chi connectivity index (χ0n) is 8.99. The van der Waals surface area contributed by atoms with Crippen LogP contribution in [0.1, 0.15) is 20.3 Å². The third-order valence-electron chi connectivity index (χ3n) is 3.19. The molecule has 13 heavy (non-hydrogen) atoms. The number of methoxy groups -OCH3 is 1. The van der Waals surface area contributed by atoms with E-state index in [9.17, 15) is 0 Å². The molecule has 0 saturated carbocycles.